The molecule has 0 N–H and O–H groups in total. The van der Waals surface area contributed by atoms with E-state index in [2.05, 4.69) is 0 Å². The van der Waals surface area contributed by atoms with Gasteiger partial charge in [-0.25, -0.2) is 4.79 Å². The van der Waals surface area contributed by atoms with Crippen LogP contribution in [0.25, 0.3) is 10.8 Å². The van der Waals surface area contributed by atoms with E-state index in [9.17, 15) is 9.59 Å². The first-order chi connectivity index (χ1) is 14.1. The third-order valence-corrected chi connectivity index (χ3v) is 5.05. The van der Waals surface area contributed by atoms with Crippen LogP contribution >= 0.6 is 0 Å². The first kappa shape index (κ1) is 18.9. The van der Waals surface area contributed by atoms with Crippen LogP contribution in [-0.2, 0) is 4.79 Å². The number of rotatable bonds is 4. The van der Waals surface area contributed by atoms with Crippen molar-refractivity contribution in [3.63, 3.8) is 0 Å². The minimum absolute atomic E-state index is 0.235. The van der Waals surface area contributed by atoms with Crippen LogP contribution < -0.4 is 9.47 Å². The number of benzene rings is 3. The van der Waals surface area contributed by atoms with Crippen LogP contribution in [0.5, 0.6) is 11.5 Å². The third kappa shape index (κ3) is 4.21. The van der Waals surface area contributed by atoms with E-state index in [1.54, 1.807) is 24.3 Å². The Morgan fingerprint density at radius 1 is 0.931 bits per heavy atom. The number of aryl methyl sites for hydroxylation is 1. The van der Waals surface area contributed by atoms with E-state index in [0.29, 0.717) is 22.4 Å². The summed E-state index contributed by atoms with van der Waals surface area (Å²) in [6.45, 7) is 1.92. The normalized spacial score (nSPS) is 15.8. The van der Waals surface area contributed by atoms with Crippen LogP contribution in [-0.4, -0.2) is 11.9 Å². The van der Waals surface area contributed by atoms with Gasteiger partial charge in [-0.05, 0) is 55.8 Å². The summed E-state index contributed by atoms with van der Waals surface area (Å²) in [4.78, 5) is 25.3. The molecule has 29 heavy (non-hydrogen) atoms. The van der Waals surface area contributed by atoms with Crippen molar-refractivity contribution < 1.29 is 19.1 Å². The van der Waals surface area contributed by atoms with Crippen molar-refractivity contribution in [2.45, 2.75) is 26.2 Å². The quantitative estimate of drug-likeness (QED) is 0.331. The predicted molar refractivity (Wildman–Crippen MR) is 112 cm³/mol. The molecule has 1 atom stereocenters. The first-order valence-electron chi connectivity index (χ1n) is 9.81. The van der Waals surface area contributed by atoms with Gasteiger partial charge in [-0.15, -0.1) is 0 Å². The average molecular weight is 386 g/mol. The number of carbonyl (C=O) groups excluding carboxylic acids is 2. The van der Waals surface area contributed by atoms with Crippen LogP contribution in [0, 0.1) is 12.8 Å². The van der Waals surface area contributed by atoms with Gasteiger partial charge in [-0.2, -0.15) is 0 Å². The lowest BCUT2D eigenvalue weighted by atomic mass is 9.96. The highest BCUT2D eigenvalue weighted by atomic mass is 16.5. The van der Waals surface area contributed by atoms with Crippen LogP contribution in [0.1, 0.15) is 35.2 Å². The Morgan fingerprint density at radius 2 is 1.66 bits per heavy atom. The second-order valence-electron chi connectivity index (χ2n) is 7.26. The summed E-state index contributed by atoms with van der Waals surface area (Å²) in [5.41, 5.74) is 1.45. The second kappa shape index (κ2) is 8.31. The molecular formula is C25H22O4. The van der Waals surface area contributed by atoms with Crippen molar-refractivity contribution in [1.82, 2.24) is 0 Å². The third-order valence-electron chi connectivity index (χ3n) is 5.05. The maximum Gasteiger partial charge on any atom is 0.343 e. The zero-order chi connectivity index (χ0) is 20.2. The fraction of sp³-hybridized carbons (Fsp3) is 0.200. The lowest BCUT2D eigenvalue weighted by Gasteiger charge is -2.17. The highest BCUT2D eigenvalue weighted by Gasteiger charge is 2.21. The molecule has 4 nitrogen and oxygen atoms in total. The Hall–Kier alpha value is -3.40. The van der Waals surface area contributed by atoms with Crippen molar-refractivity contribution in [3.8, 4) is 11.5 Å². The first-order valence-corrected chi connectivity index (χ1v) is 9.81. The maximum atomic E-state index is 12.7. The minimum atomic E-state index is -0.447. The molecule has 0 fully saturated rings. The Labute approximate surface area is 169 Å². The van der Waals surface area contributed by atoms with Crippen LogP contribution in [0.4, 0.5) is 0 Å². The summed E-state index contributed by atoms with van der Waals surface area (Å²) >= 11 is 0. The van der Waals surface area contributed by atoms with E-state index < -0.39 is 5.97 Å². The molecule has 4 rings (SSSR count). The van der Waals surface area contributed by atoms with E-state index in [1.807, 2.05) is 55.5 Å². The molecule has 3 aromatic rings. The molecule has 0 saturated carbocycles. The summed E-state index contributed by atoms with van der Waals surface area (Å²) < 4.78 is 11.4. The van der Waals surface area contributed by atoms with Gasteiger partial charge in [0.05, 0.1) is 16.9 Å². The fourth-order valence-corrected chi connectivity index (χ4v) is 3.57. The van der Waals surface area contributed by atoms with Gasteiger partial charge in [0, 0.05) is 0 Å². The average Bonchev–Trinajstić information content (AvgIpc) is 2.74. The largest absolute Gasteiger partial charge is 0.425 e. The van der Waals surface area contributed by atoms with E-state index >= 15 is 0 Å². The summed E-state index contributed by atoms with van der Waals surface area (Å²) in [5.74, 6) is -0.192. The van der Waals surface area contributed by atoms with Gasteiger partial charge in [0.1, 0.15) is 11.5 Å². The number of carbonyl (C=O) groups is 2. The standard InChI is InChI=1S/C25H22O4/c1-17-8-5-13-20(16-17)25(27)29-22-15-7-12-18-11-6-14-21(23(18)22)28-24(26)19-9-3-2-4-10-19/h3,5-9,11-16,19H,2,4,10H2,1H3. The summed E-state index contributed by atoms with van der Waals surface area (Å²) in [6, 6.07) is 18.1. The second-order valence-corrected chi connectivity index (χ2v) is 7.26. The number of hydrogen-bond donors (Lipinski definition) is 0. The molecule has 1 aliphatic carbocycles. The lowest BCUT2D eigenvalue weighted by molar-refractivity contribution is -0.137. The molecule has 1 aliphatic rings. The van der Waals surface area contributed by atoms with Crippen molar-refractivity contribution in [3.05, 3.63) is 83.9 Å². The molecular weight excluding hydrogens is 364 g/mol. The predicted octanol–water partition coefficient (Wildman–Crippen LogP) is 5.63. The molecule has 0 amide bonds. The summed E-state index contributed by atoms with van der Waals surface area (Å²) in [6.07, 6.45) is 6.70. The zero-order valence-corrected chi connectivity index (χ0v) is 16.3. The molecule has 0 saturated heterocycles. The number of allylic oxidation sites excluding steroid dienone is 1. The van der Waals surface area contributed by atoms with Crippen molar-refractivity contribution >= 4 is 22.7 Å². The molecule has 0 bridgehead atoms. The van der Waals surface area contributed by atoms with Crippen LogP contribution in [0.15, 0.2) is 72.8 Å². The van der Waals surface area contributed by atoms with E-state index in [0.717, 1.165) is 30.2 Å². The smallest absolute Gasteiger partial charge is 0.343 e. The molecule has 146 valence electrons. The maximum absolute atomic E-state index is 12.7. The van der Waals surface area contributed by atoms with E-state index in [-0.39, 0.29) is 11.9 Å². The van der Waals surface area contributed by atoms with Crippen molar-refractivity contribution in [2.24, 2.45) is 5.92 Å². The van der Waals surface area contributed by atoms with Gasteiger partial charge >= 0.3 is 11.9 Å². The SMILES string of the molecule is Cc1cccc(C(=O)Oc2cccc3cccc(OC(=O)C4C=CCCC4)c23)c1. The van der Waals surface area contributed by atoms with Crippen LogP contribution in [0.3, 0.4) is 0 Å². The monoisotopic (exact) mass is 386 g/mol. The molecule has 0 aliphatic heterocycles. The van der Waals surface area contributed by atoms with Gasteiger partial charge in [0.15, 0.2) is 0 Å². The zero-order valence-electron chi connectivity index (χ0n) is 16.3. The summed E-state index contributed by atoms with van der Waals surface area (Å²) in [5, 5.41) is 1.45. The number of ether oxygens (including phenoxy) is 2. The topological polar surface area (TPSA) is 52.6 Å². The Morgan fingerprint density at radius 3 is 2.34 bits per heavy atom. The van der Waals surface area contributed by atoms with Gasteiger partial charge in [-0.3, -0.25) is 4.79 Å². The molecule has 0 radical (unpaired) electrons. The van der Waals surface area contributed by atoms with Crippen molar-refractivity contribution in [1.29, 1.82) is 0 Å². The van der Waals surface area contributed by atoms with Crippen molar-refractivity contribution in [2.75, 3.05) is 0 Å². The molecule has 0 aromatic heterocycles. The number of esters is 2. The Kier molecular flexibility index (Phi) is 5.43. The highest BCUT2D eigenvalue weighted by molar-refractivity contribution is 5.99. The molecule has 0 heterocycles. The van der Waals surface area contributed by atoms with Gasteiger partial charge in [0.2, 0.25) is 0 Å². The van der Waals surface area contributed by atoms with Gasteiger partial charge < -0.3 is 9.47 Å². The molecule has 3 aromatic carbocycles. The van der Waals surface area contributed by atoms with Gasteiger partial charge in [0.25, 0.3) is 0 Å². The molecule has 1 unspecified atom stereocenters. The fourth-order valence-electron chi connectivity index (χ4n) is 3.57. The Bertz CT molecular complexity index is 1090. The van der Waals surface area contributed by atoms with Crippen LogP contribution in [0.2, 0.25) is 0 Å². The lowest BCUT2D eigenvalue weighted by Crippen LogP contribution is -2.20. The minimum Gasteiger partial charge on any atom is -0.425 e. The molecule has 0 spiro atoms. The van der Waals surface area contributed by atoms with E-state index in [4.69, 9.17) is 9.47 Å². The number of fused-ring (bicyclic) bond motifs is 1. The Balaban J connectivity index is 1.66. The highest BCUT2D eigenvalue weighted by Crippen LogP contribution is 2.35. The number of hydrogen-bond acceptors (Lipinski definition) is 4. The van der Waals surface area contributed by atoms with Gasteiger partial charge in [-0.1, -0.05) is 54.1 Å². The summed E-state index contributed by atoms with van der Waals surface area (Å²) in [7, 11) is 0. The van der Waals surface area contributed by atoms with E-state index in [1.165, 1.54) is 0 Å². The molecule has 4 heteroatoms.